The molecule has 0 radical (unpaired) electrons. The monoisotopic (exact) mass is 289 g/mol. The molecule has 1 aromatic rings. The first-order chi connectivity index (χ1) is 10.2. The molecule has 0 aromatic carbocycles. The van der Waals surface area contributed by atoms with Crippen molar-refractivity contribution >= 4 is 5.82 Å². The molecule has 0 amide bonds. The zero-order valence-electron chi connectivity index (χ0n) is 13.3. The highest BCUT2D eigenvalue weighted by atomic mass is 16.5. The van der Waals surface area contributed by atoms with E-state index in [0.29, 0.717) is 24.5 Å². The molecule has 0 saturated heterocycles. The topological polar surface area (TPSA) is 47.0 Å². The molecule has 0 unspecified atom stereocenters. The van der Waals surface area contributed by atoms with E-state index in [2.05, 4.69) is 24.1 Å². The summed E-state index contributed by atoms with van der Waals surface area (Å²) in [6, 6.07) is 2.54. The molecule has 1 N–H and O–H groups in total. The van der Waals surface area contributed by atoms with Crippen LogP contribution in [0.4, 0.5) is 5.82 Å². The van der Waals surface area contributed by atoms with Crippen LogP contribution in [0.25, 0.3) is 0 Å². The minimum Gasteiger partial charge on any atom is -0.477 e. The van der Waals surface area contributed by atoms with Crippen molar-refractivity contribution in [2.24, 2.45) is 5.92 Å². The molecule has 116 valence electrons. The zero-order valence-corrected chi connectivity index (χ0v) is 13.3. The molecule has 0 spiro atoms. The molecule has 0 atom stereocenters. The average Bonchev–Trinajstić information content (AvgIpc) is 3.31. The van der Waals surface area contributed by atoms with Gasteiger partial charge in [0.15, 0.2) is 0 Å². The summed E-state index contributed by atoms with van der Waals surface area (Å²) in [5.74, 6) is 3.73. The van der Waals surface area contributed by atoms with E-state index < -0.39 is 0 Å². The molecule has 2 aliphatic carbocycles. The minimum atomic E-state index is 0.513. The predicted molar refractivity (Wildman–Crippen MR) is 84.8 cm³/mol. The van der Waals surface area contributed by atoms with Crippen LogP contribution < -0.4 is 10.1 Å². The Morgan fingerprint density at radius 2 is 1.90 bits per heavy atom. The van der Waals surface area contributed by atoms with Crippen LogP contribution in [0.5, 0.6) is 5.88 Å². The van der Waals surface area contributed by atoms with Crippen molar-refractivity contribution in [3.8, 4) is 5.88 Å². The van der Waals surface area contributed by atoms with Crippen molar-refractivity contribution in [1.29, 1.82) is 0 Å². The molecule has 2 saturated carbocycles. The second-order valence-electron chi connectivity index (χ2n) is 6.91. The second-order valence-corrected chi connectivity index (χ2v) is 6.91. The van der Waals surface area contributed by atoms with Crippen LogP contribution in [0.15, 0.2) is 6.07 Å². The normalized spacial score (nSPS) is 19.8. The summed E-state index contributed by atoms with van der Waals surface area (Å²) in [7, 11) is 0. The molecule has 4 nitrogen and oxygen atoms in total. The van der Waals surface area contributed by atoms with Crippen molar-refractivity contribution in [1.82, 2.24) is 9.97 Å². The van der Waals surface area contributed by atoms with Gasteiger partial charge in [-0.25, -0.2) is 4.98 Å². The zero-order chi connectivity index (χ0) is 14.7. The average molecular weight is 289 g/mol. The van der Waals surface area contributed by atoms with E-state index in [1.807, 2.05) is 6.07 Å². The van der Waals surface area contributed by atoms with Crippen LogP contribution >= 0.6 is 0 Å². The third-order valence-corrected chi connectivity index (χ3v) is 4.18. The number of anilines is 1. The highest BCUT2D eigenvalue weighted by molar-refractivity contribution is 5.40. The third kappa shape index (κ3) is 4.32. The predicted octanol–water partition coefficient (Wildman–Crippen LogP) is 4.13. The maximum atomic E-state index is 5.82. The molecule has 2 fully saturated rings. The van der Waals surface area contributed by atoms with Gasteiger partial charge in [0.2, 0.25) is 5.88 Å². The van der Waals surface area contributed by atoms with Crippen molar-refractivity contribution in [2.75, 3.05) is 11.9 Å². The standard InChI is InChI=1S/C17H27N3O/c1-12(2)11-21-16-10-15(18-14-6-4-3-5-7-14)19-17(20-16)13-8-9-13/h10,12-14H,3-9,11H2,1-2H3,(H,18,19,20). The van der Waals surface area contributed by atoms with Gasteiger partial charge in [-0.2, -0.15) is 4.98 Å². The van der Waals surface area contributed by atoms with E-state index in [1.54, 1.807) is 0 Å². The molecule has 3 rings (SSSR count). The molecule has 1 heterocycles. The first kappa shape index (κ1) is 14.6. The number of nitrogens with one attached hydrogen (secondary N) is 1. The van der Waals surface area contributed by atoms with Crippen molar-refractivity contribution in [3.05, 3.63) is 11.9 Å². The number of hydrogen-bond acceptors (Lipinski definition) is 4. The summed E-state index contributed by atoms with van der Waals surface area (Å²) < 4.78 is 5.82. The number of hydrogen-bond donors (Lipinski definition) is 1. The molecule has 2 aliphatic rings. The van der Waals surface area contributed by atoms with E-state index in [-0.39, 0.29) is 0 Å². The molecular weight excluding hydrogens is 262 g/mol. The quantitative estimate of drug-likeness (QED) is 0.855. The Morgan fingerprint density at radius 3 is 2.57 bits per heavy atom. The van der Waals surface area contributed by atoms with E-state index >= 15 is 0 Å². The third-order valence-electron chi connectivity index (χ3n) is 4.18. The lowest BCUT2D eigenvalue weighted by molar-refractivity contribution is 0.260. The van der Waals surface area contributed by atoms with Crippen LogP contribution in [-0.4, -0.2) is 22.6 Å². The fourth-order valence-corrected chi connectivity index (χ4v) is 2.82. The Bertz CT molecular complexity index is 465. The van der Waals surface area contributed by atoms with Gasteiger partial charge >= 0.3 is 0 Å². The summed E-state index contributed by atoms with van der Waals surface area (Å²) in [6.07, 6.45) is 8.98. The van der Waals surface area contributed by atoms with Crippen LogP contribution in [0.3, 0.4) is 0 Å². The molecule has 4 heteroatoms. The van der Waals surface area contributed by atoms with Crippen molar-refractivity contribution in [2.45, 2.75) is 70.8 Å². The summed E-state index contributed by atoms with van der Waals surface area (Å²) in [6.45, 7) is 5.03. The van der Waals surface area contributed by atoms with Gasteiger partial charge in [-0.05, 0) is 31.6 Å². The summed E-state index contributed by atoms with van der Waals surface area (Å²) >= 11 is 0. The lowest BCUT2D eigenvalue weighted by Gasteiger charge is -2.23. The first-order valence-corrected chi connectivity index (χ1v) is 8.49. The van der Waals surface area contributed by atoms with Crippen molar-refractivity contribution in [3.63, 3.8) is 0 Å². The molecule has 0 aliphatic heterocycles. The lowest BCUT2D eigenvalue weighted by Crippen LogP contribution is -2.23. The summed E-state index contributed by atoms with van der Waals surface area (Å²) in [5.41, 5.74) is 0. The van der Waals surface area contributed by atoms with E-state index in [9.17, 15) is 0 Å². The maximum absolute atomic E-state index is 5.82. The van der Waals surface area contributed by atoms with E-state index in [4.69, 9.17) is 9.72 Å². The summed E-state index contributed by atoms with van der Waals surface area (Å²) in [4.78, 5) is 9.30. The van der Waals surface area contributed by atoms with Gasteiger partial charge < -0.3 is 10.1 Å². The van der Waals surface area contributed by atoms with Gasteiger partial charge in [-0.1, -0.05) is 33.1 Å². The highest BCUT2D eigenvalue weighted by Gasteiger charge is 2.28. The smallest absolute Gasteiger partial charge is 0.218 e. The Kier molecular flexibility index (Phi) is 4.61. The number of rotatable bonds is 6. The highest BCUT2D eigenvalue weighted by Crippen LogP contribution is 2.39. The fourth-order valence-electron chi connectivity index (χ4n) is 2.82. The number of aromatic nitrogens is 2. The van der Waals surface area contributed by atoms with Crippen molar-refractivity contribution < 1.29 is 4.74 Å². The van der Waals surface area contributed by atoms with Gasteiger partial charge in [0.25, 0.3) is 0 Å². The fraction of sp³-hybridized carbons (Fsp3) is 0.765. The van der Waals surface area contributed by atoms with Crippen LogP contribution in [0.2, 0.25) is 0 Å². The Labute approximate surface area is 127 Å². The second kappa shape index (κ2) is 6.63. The SMILES string of the molecule is CC(C)COc1cc(NC2CCCCC2)nc(C2CC2)n1. The largest absolute Gasteiger partial charge is 0.477 e. The Hall–Kier alpha value is -1.32. The van der Waals surface area contributed by atoms with Gasteiger partial charge in [-0.3, -0.25) is 0 Å². The van der Waals surface area contributed by atoms with E-state index in [0.717, 1.165) is 17.5 Å². The van der Waals surface area contributed by atoms with Crippen LogP contribution in [0.1, 0.15) is 70.5 Å². The molecule has 21 heavy (non-hydrogen) atoms. The maximum Gasteiger partial charge on any atom is 0.218 e. The van der Waals surface area contributed by atoms with Gasteiger partial charge in [0.1, 0.15) is 11.6 Å². The number of nitrogens with zero attached hydrogens (tertiary/aromatic N) is 2. The lowest BCUT2D eigenvalue weighted by atomic mass is 9.95. The van der Waals surface area contributed by atoms with Gasteiger partial charge in [0, 0.05) is 18.0 Å². The van der Waals surface area contributed by atoms with E-state index in [1.165, 1.54) is 44.9 Å². The minimum absolute atomic E-state index is 0.513. The molecule has 0 bridgehead atoms. The Balaban J connectivity index is 1.71. The van der Waals surface area contributed by atoms with Crippen LogP contribution in [-0.2, 0) is 0 Å². The van der Waals surface area contributed by atoms with Gasteiger partial charge in [-0.15, -0.1) is 0 Å². The molecular formula is C17H27N3O. The van der Waals surface area contributed by atoms with Crippen LogP contribution in [0, 0.1) is 5.92 Å². The Morgan fingerprint density at radius 1 is 1.14 bits per heavy atom. The molecule has 1 aromatic heterocycles. The summed E-state index contributed by atoms with van der Waals surface area (Å²) in [5, 5.41) is 3.60. The number of ether oxygens (including phenoxy) is 1. The first-order valence-electron chi connectivity index (χ1n) is 8.49. The van der Waals surface area contributed by atoms with Gasteiger partial charge in [0.05, 0.1) is 6.61 Å².